The number of nitrogens with zero attached hydrogens (tertiary/aromatic N) is 2. The fraction of sp³-hybridized carbons (Fsp3) is 0.429. The third-order valence-corrected chi connectivity index (χ3v) is 3.47. The highest BCUT2D eigenvalue weighted by Gasteiger charge is 2.13. The van der Waals surface area contributed by atoms with Crippen molar-refractivity contribution in [2.75, 3.05) is 17.7 Å². The van der Waals surface area contributed by atoms with E-state index in [-0.39, 0.29) is 18.6 Å². The van der Waals surface area contributed by atoms with Gasteiger partial charge in [-0.05, 0) is 18.6 Å². The van der Waals surface area contributed by atoms with Gasteiger partial charge in [-0.1, -0.05) is 37.4 Å². The minimum Gasteiger partial charge on any atom is -0.394 e. The molecule has 20 heavy (non-hydrogen) atoms. The molecular formula is C14H19ClN4O. The van der Waals surface area contributed by atoms with Crippen LogP contribution in [-0.4, -0.2) is 27.7 Å². The number of anilines is 2. The van der Waals surface area contributed by atoms with Gasteiger partial charge in [0.15, 0.2) is 0 Å². The van der Waals surface area contributed by atoms with Crippen molar-refractivity contribution in [1.82, 2.24) is 9.97 Å². The van der Waals surface area contributed by atoms with Gasteiger partial charge in [0.1, 0.15) is 5.82 Å². The lowest BCUT2D eigenvalue weighted by molar-refractivity contribution is 0.267. The lowest BCUT2D eigenvalue weighted by Gasteiger charge is -2.18. The summed E-state index contributed by atoms with van der Waals surface area (Å²) in [6, 6.07) is 5.38. The standard InChI is InChI=1S/C14H19ClN4O/c1-2-3-5-9(8-20)17-13-12-10(15)6-4-7-11(12)18-14(16)19-13/h4,6-7,9,20H,2-3,5,8H2,1H3,(H3,16,17,18,19). The number of unbranched alkanes of at least 4 members (excludes halogenated alkanes) is 1. The Morgan fingerprint density at radius 2 is 2.20 bits per heavy atom. The van der Waals surface area contributed by atoms with Gasteiger partial charge in [0.25, 0.3) is 0 Å². The van der Waals surface area contributed by atoms with Gasteiger partial charge in [0.05, 0.1) is 28.6 Å². The largest absolute Gasteiger partial charge is 0.394 e. The summed E-state index contributed by atoms with van der Waals surface area (Å²) in [5.41, 5.74) is 6.42. The molecule has 2 aromatic rings. The highest BCUT2D eigenvalue weighted by Crippen LogP contribution is 2.29. The molecule has 1 atom stereocenters. The van der Waals surface area contributed by atoms with Crippen LogP contribution in [0.3, 0.4) is 0 Å². The van der Waals surface area contributed by atoms with Crippen LogP contribution < -0.4 is 11.1 Å². The highest BCUT2D eigenvalue weighted by atomic mass is 35.5. The molecule has 0 radical (unpaired) electrons. The zero-order valence-electron chi connectivity index (χ0n) is 11.4. The first-order chi connectivity index (χ1) is 9.65. The van der Waals surface area contributed by atoms with Crippen LogP contribution in [0, 0.1) is 0 Å². The number of hydrogen-bond donors (Lipinski definition) is 3. The number of nitrogens with one attached hydrogen (secondary N) is 1. The molecule has 0 aliphatic carbocycles. The van der Waals surface area contributed by atoms with E-state index >= 15 is 0 Å². The molecule has 5 nitrogen and oxygen atoms in total. The SMILES string of the molecule is CCCCC(CO)Nc1nc(N)nc2cccc(Cl)c12. The smallest absolute Gasteiger partial charge is 0.222 e. The van der Waals surface area contributed by atoms with E-state index in [9.17, 15) is 5.11 Å². The van der Waals surface area contributed by atoms with Crippen LogP contribution in [0.2, 0.25) is 5.02 Å². The molecule has 0 fully saturated rings. The lowest BCUT2D eigenvalue weighted by Crippen LogP contribution is -2.24. The fourth-order valence-electron chi connectivity index (χ4n) is 2.12. The number of fused-ring (bicyclic) bond motifs is 1. The van der Waals surface area contributed by atoms with Crippen molar-refractivity contribution in [3.05, 3.63) is 23.2 Å². The van der Waals surface area contributed by atoms with Crippen LogP contribution in [0.25, 0.3) is 10.9 Å². The van der Waals surface area contributed by atoms with Gasteiger partial charge >= 0.3 is 0 Å². The van der Waals surface area contributed by atoms with Crippen LogP contribution >= 0.6 is 11.6 Å². The molecule has 6 heteroatoms. The Kier molecular flexibility index (Phi) is 4.98. The van der Waals surface area contributed by atoms with Crippen molar-refractivity contribution >= 4 is 34.3 Å². The van der Waals surface area contributed by atoms with E-state index in [1.165, 1.54) is 0 Å². The first-order valence-corrected chi connectivity index (χ1v) is 7.12. The molecule has 0 bridgehead atoms. The molecule has 2 rings (SSSR count). The van der Waals surface area contributed by atoms with Gasteiger partial charge in [-0.2, -0.15) is 4.98 Å². The monoisotopic (exact) mass is 294 g/mol. The molecule has 0 amide bonds. The molecular weight excluding hydrogens is 276 g/mol. The maximum atomic E-state index is 9.45. The van der Waals surface area contributed by atoms with E-state index in [0.717, 1.165) is 24.6 Å². The third-order valence-electron chi connectivity index (χ3n) is 3.16. The number of nitrogen functional groups attached to an aromatic ring is 1. The second-order valence-corrected chi connectivity index (χ2v) is 5.14. The zero-order chi connectivity index (χ0) is 14.5. The number of aromatic nitrogens is 2. The number of halogens is 1. The predicted octanol–water partition coefficient (Wildman–Crippen LogP) is 2.83. The van der Waals surface area contributed by atoms with Crippen molar-refractivity contribution in [3.8, 4) is 0 Å². The summed E-state index contributed by atoms with van der Waals surface area (Å²) in [4.78, 5) is 8.39. The Bertz CT molecular complexity index is 591. The van der Waals surface area contributed by atoms with E-state index < -0.39 is 0 Å². The van der Waals surface area contributed by atoms with E-state index in [2.05, 4.69) is 22.2 Å². The summed E-state index contributed by atoms with van der Waals surface area (Å²) in [6.07, 6.45) is 2.97. The third kappa shape index (κ3) is 3.29. The van der Waals surface area contributed by atoms with Crippen LogP contribution in [0.4, 0.5) is 11.8 Å². The van der Waals surface area contributed by atoms with Crippen molar-refractivity contribution in [2.45, 2.75) is 32.2 Å². The minimum atomic E-state index is -0.0660. The quantitative estimate of drug-likeness (QED) is 0.763. The van der Waals surface area contributed by atoms with E-state index in [0.29, 0.717) is 16.4 Å². The number of rotatable bonds is 6. The van der Waals surface area contributed by atoms with E-state index in [4.69, 9.17) is 17.3 Å². The van der Waals surface area contributed by atoms with E-state index in [1.54, 1.807) is 6.07 Å². The summed E-state index contributed by atoms with van der Waals surface area (Å²) in [7, 11) is 0. The minimum absolute atomic E-state index is 0.0376. The van der Waals surface area contributed by atoms with E-state index in [1.807, 2.05) is 12.1 Å². The van der Waals surface area contributed by atoms with Gasteiger partial charge in [-0.25, -0.2) is 4.98 Å². The maximum absolute atomic E-state index is 9.45. The van der Waals surface area contributed by atoms with Gasteiger partial charge < -0.3 is 16.2 Å². The molecule has 0 spiro atoms. The molecule has 0 saturated carbocycles. The summed E-state index contributed by atoms with van der Waals surface area (Å²) >= 11 is 6.22. The van der Waals surface area contributed by atoms with Crippen molar-refractivity contribution in [3.63, 3.8) is 0 Å². The summed E-state index contributed by atoms with van der Waals surface area (Å²) < 4.78 is 0. The van der Waals surface area contributed by atoms with Gasteiger partial charge in [0.2, 0.25) is 5.95 Å². The predicted molar refractivity (Wildman–Crippen MR) is 83.0 cm³/mol. The van der Waals surface area contributed by atoms with Gasteiger partial charge in [-0.3, -0.25) is 0 Å². The normalized spacial score (nSPS) is 12.6. The molecule has 1 heterocycles. The summed E-state index contributed by atoms with van der Waals surface area (Å²) in [6.45, 7) is 2.15. The molecule has 1 aromatic heterocycles. The van der Waals surface area contributed by atoms with Crippen molar-refractivity contribution in [1.29, 1.82) is 0 Å². The lowest BCUT2D eigenvalue weighted by atomic mass is 10.1. The first-order valence-electron chi connectivity index (χ1n) is 6.74. The molecule has 0 aliphatic heterocycles. The number of hydrogen-bond acceptors (Lipinski definition) is 5. The first kappa shape index (κ1) is 14.8. The Morgan fingerprint density at radius 1 is 1.40 bits per heavy atom. The molecule has 4 N–H and O–H groups in total. The van der Waals surface area contributed by atoms with Crippen LogP contribution in [0.1, 0.15) is 26.2 Å². The number of benzene rings is 1. The second kappa shape index (κ2) is 6.72. The second-order valence-electron chi connectivity index (χ2n) is 4.73. The average molecular weight is 295 g/mol. The molecule has 0 aliphatic rings. The van der Waals surface area contributed by atoms with Gasteiger partial charge in [-0.15, -0.1) is 0 Å². The van der Waals surface area contributed by atoms with Crippen molar-refractivity contribution in [2.24, 2.45) is 0 Å². The summed E-state index contributed by atoms with van der Waals surface area (Å²) in [5.74, 6) is 0.766. The number of aliphatic hydroxyl groups excluding tert-OH is 1. The Morgan fingerprint density at radius 3 is 2.90 bits per heavy atom. The zero-order valence-corrected chi connectivity index (χ0v) is 12.2. The van der Waals surface area contributed by atoms with Gasteiger partial charge in [0, 0.05) is 0 Å². The Labute approximate surface area is 123 Å². The van der Waals surface area contributed by atoms with Crippen LogP contribution in [0.5, 0.6) is 0 Å². The van der Waals surface area contributed by atoms with Crippen molar-refractivity contribution < 1.29 is 5.11 Å². The number of nitrogens with two attached hydrogens (primary N) is 1. The molecule has 108 valence electrons. The van der Waals surface area contributed by atoms with Crippen LogP contribution in [0.15, 0.2) is 18.2 Å². The Balaban J connectivity index is 2.37. The van der Waals surface area contributed by atoms with Crippen LogP contribution in [-0.2, 0) is 0 Å². The Hall–Kier alpha value is -1.59. The molecule has 0 saturated heterocycles. The molecule has 1 aromatic carbocycles. The number of aliphatic hydroxyl groups is 1. The summed E-state index contributed by atoms with van der Waals surface area (Å²) in [5, 5.41) is 14.0. The maximum Gasteiger partial charge on any atom is 0.222 e. The molecule has 1 unspecified atom stereocenters. The highest BCUT2D eigenvalue weighted by molar-refractivity contribution is 6.36. The fourth-order valence-corrected chi connectivity index (χ4v) is 2.38. The topological polar surface area (TPSA) is 84.1 Å². The average Bonchev–Trinajstić information content (AvgIpc) is 2.42.